The number of hydrogen-bond donors (Lipinski definition) is 2. The summed E-state index contributed by atoms with van der Waals surface area (Å²) in [5.41, 5.74) is 1.27. The molecule has 24 heavy (non-hydrogen) atoms. The second-order valence-corrected chi connectivity index (χ2v) is 6.79. The van der Waals surface area contributed by atoms with Crippen LogP contribution < -0.4 is 5.32 Å². The normalized spacial score (nSPS) is 15.9. The number of nitrogens with zero attached hydrogens (tertiary/aromatic N) is 1. The Balaban J connectivity index is 1.96. The van der Waals surface area contributed by atoms with Gasteiger partial charge < -0.3 is 10.4 Å². The summed E-state index contributed by atoms with van der Waals surface area (Å²) in [5, 5.41) is 11.2. The third kappa shape index (κ3) is 4.65. The van der Waals surface area contributed by atoms with Crippen molar-refractivity contribution < 1.29 is 19.5 Å². The minimum Gasteiger partial charge on any atom is -0.481 e. The lowest BCUT2D eigenvalue weighted by atomic mass is 10.1. The highest BCUT2D eigenvalue weighted by molar-refractivity contribution is 8.26. The van der Waals surface area contributed by atoms with Gasteiger partial charge in [-0.05, 0) is 30.2 Å². The van der Waals surface area contributed by atoms with Crippen LogP contribution in [0.5, 0.6) is 0 Å². The largest absolute Gasteiger partial charge is 0.481 e. The van der Waals surface area contributed by atoms with E-state index in [-0.39, 0.29) is 18.2 Å². The Kier molecular flexibility index (Phi) is 6.10. The highest BCUT2D eigenvalue weighted by Crippen LogP contribution is 2.31. The van der Waals surface area contributed by atoms with Crippen LogP contribution in [0, 0.1) is 0 Å². The van der Waals surface area contributed by atoms with Crippen molar-refractivity contribution in [2.75, 3.05) is 13.6 Å². The highest BCUT2D eigenvalue weighted by Gasteiger charge is 2.28. The number of thiocarbonyl (C=S) groups is 1. The molecule has 0 unspecified atom stereocenters. The topological polar surface area (TPSA) is 86.7 Å². The van der Waals surface area contributed by atoms with E-state index < -0.39 is 5.97 Å². The second-order valence-electron chi connectivity index (χ2n) is 5.12. The number of carboxylic acids is 1. The Labute approximate surface area is 148 Å². The summed E-state index contributed by atoms with van der Waals surface area (Å²) >= 11 is 6.32. The van der Waals surface area contributed by atoms with Gasteiger partial charge in [-0.3, -0.25) is 19.3 Å². The van der Waals surface area contributed by atoms with E-state index in [4.69, 9.17) is 17.3 Å². The molecule has 0 aromatic heterocycles. The van der Waals surface area contributed by atoms with E-state index >= 15 is 0 Å². The van der Waals surface area contributed by atoms with Crippen LogP contribution in [0.4, 0.5) is 0 Å². The molecule has 0 aliphatic carbocycles. The molecule has 2 rings (SSSR count). The van der Waals surface area contributed by atoms with Crippen LogP contribution >= 0.6 is 24.0 Å². The number of likely N-dealkylation sites (N-methyl/N-ethyl adjacent to an activating group) is 1. The first kappa shape index (κ1) is 18.2. The summed E-state index contributed by atoms with van der Waals surface area (Å²) in [4.78, 5) is 36.2. The maximum atomic E-state index is 11.9. The van der Waals surface area contributed by atoms with Crippen molar-refractivity contribution in [3.8, 4) is 0 Å². The summed E-state index contributed by atoms with van der Waals surface area (Å²) in [7, 11) is 1.64. The van der Waals surface area contributed by atoms with Crippen molar-refractivity contribution in [3.63, 3.8) is 0 Å². The summed E-state index contributed by atoms with van der Waals surface area (Å²) in [5.74, 6) is -1.27. The number of rotatable bonds is 6. The van der Waals surface area contributed by atoms with Gasteiger partial charge in [0, 0.05) is 25.6 Å². The molecule has 1 aromatic rings. The van der Waals surface area contributed by atoms with Gasteiger partial charge in [-0.2, -0.15) is 0 Å². The molecule has 0 spiro atoms. The number of hydrogen-bond acceptors (Lipinski definition) is 5. The summed E-state index contributed by atoms with van der Waals surface area (Å²) in [6.07, 6.45) is 2.14. The van der Waals surface area contributed by atoms with E-state index in [0.29, 0.717) is 27.8 Å². The Morgan fingerprint density at radius 1 is 1.33 bits per heavy atom. The van der Waals surface area contributed by atoms with Gasteiger partial charge in [0.15, 0.2) is 0 Å². The Bertz CT molecular complexity index is 713. The van der Waals surface area contributed by atoms with Crippen molar-refractivity contribution in [2.24, 2.45) is 0 Å². The quantitative estimate of drug-likeness (QED) is 0.457. The molecule has 1 saturated heterocycles. The zero-order chi connectivity index (χ0) is 17.7. The number of carbonyl (C=O) groups excluding carboxylic acids is 2. The van der Waals surface area contributed by atoms with E-state index in [1.165, 1.54) is 16.7 Å². The molecule has 0 bridgehead atoms. The van der Waals surface area contributed by atoms with Crippen molar-refractivity contribution in [1.82, 2.24) is 10.2 Å². The Morgan fingerprint density at radius 3 is 2.54 bits per heavy atom. The molecular formula is C16H16N2O4S2. The van der Waals surface area contributed by atoms with Crippen LogP contribution in [-0.2, 0) is 9.59 Å². The molecule has 1 fully saturated rings. The third-order valence-electron chi connectivity index (χ3n) is 3.31. The number of carbonyl (C=O) groups is 3. The third-order valence-corrected chi connectivity index (χ3v) is 4.79. The fourth-order valence-corrected chi connectivity index (χ4v) is 3.15. The molecule has 126 valence electrons. The zero-order valence-electron chi connectivity index (χ0n) is 12.9. The molecular weight excluding hydrogens is 348 g/mol. The van der Waals surface area contributed by atoms with Crippen LogP contribution in [0.3, 0.4) is 0 Å². The first-order valence-corrected chi connectivity index (χ1v) is 8.42. The average molecular weight is 364 g/mol. The predicted octanol–water partition coefficient (Wildman–Crippen LogP) is 2.11. The van der Waals surface area contributed by atoms with Crippen LogP contribution in [0.1, 0.15) is 28.8 Å². The maximum absolute atomic E-state index is 11.9. The minimum atomic E-state index is -0.883. The van der Waals surface area contributed by atoms with Gasteiger partial charge in [-0.15, -0.1) is 0 Å². The molecule has 1 aliphatic heterocycles. The minimum absolute atomic E-state index is 0.0226. The monoisotopic (exact) mass is 364 g/mol. The van der Waals surface area contributed by atoms with E-state index in [9.17, 15) is 14.4 Å². The number of benzene rings is 1. The highest BCUT2D eigenvalue weighted by atomic mass is 32.2. The van der Waals surface area contributed by atoms with Crippen molar-refractivity contribution >= 4 is 52.2 Å². The van der Waals surface area contributed by atoms with E-state index in [2.05, 4.69) is 5.32 Å². The number of aliphatic carboxylic acids is 1. The molecule has 1 aromatic carbocycles. The van der Waals surface area contributed by atoms with Crippen LogP contribution in [0.25, 0.3) is 6.08 Å². The Morgan fingerprint density at radius 2 is 2.00 bits per heavy atom. The molecule has 0 radical (unpaired) electrons. The van der Waals surface area contributed by atoms with Gasteiger partial charge in [-0.1, -0.05) is 36.1 Å². The summed E-state index contributed by atoms with van der Waals surface area (Å²) < 4.78 is 0.517. The second kappa shape index (κ2) is 8.07. The maximum Gasteiger partial charge on any atom is 0.303 e. The molecule has 1 heterocycles. The number of nitrogens with one attached hydrogen (secondary N) is 1. The Hall–Kier alpha value is -2.19. The van der Waals surface area contributed by atoms with Crippen LogP contribution in [0.15, 0.2) is 29.2 Å². The predicted molar refractivity (Wildman–Crippen MR) is 96.6 cm³/mol. The van der Waals surface area contributed by atoms with Gasteiger partial charge in [0.05, 0.1) is 4.91 Å². The van der Waals surface area contributed by atoms with Gasteiger partial charge in [0.2, 0.25) is 0 Å². The number of amides is 2. The fourth-order valence-electron chi connectivity index (χ4n) is 1.97. The van der Waals surface area contributed by atoms with Crippen LogP contribution in [0.2, 0.25) is 0 Å². The van der Waals surface area contributed by atoms with Crippen molar-refractivity contribution in [1.29, 1.82) is 0 Å². The number of thioether (sulfide) groups is 1. The molecule has 0 saturated carbocycles. The van der Waals surface area contributed by atoms with Crippen molar-refractivity contribution in [2.45, 2.75) is 12.8 Å². The standard InChI is InChI=1S/C16H16N2O4S2/c1-18-15(22)12(24-16(18)23)9-10-4-6-11(7-5-10)14(21)17-8-2-3-13(19)20/h4-7,9H,2-3,8H2,1H3,(H,17,21)(H,19,20)/b12-9+. The molecule has 2 N–H and O–H groups in total. The lowest BCUT2D eigenvalue weighted by molar-refractivity contribution is -0.137. The SMILES string of the molecule is CN1C(=O)/C(=C\c2ccc(C(=O)NCCCC(=O)O)cc2)SC1=S. The van der Waals surface area contributed by atoms with E-state index in [1.54, 1.807) is 37.4 Å². The van der Waals surface area contributed by atoms with Gasteiger partial charge in [-0.25, -0.2) is 0 Å². The summed E-state index contributed by atoms with van der Waals surface area (Å²) in [6.45, 7) is 0.311. The van der Waals surface area contributed by atoms with E-state index in [1.807, 2.05) is 0 Å². The van der Waals surface area contributed by atoms with Gasteiger partial charge in [0.1, 0.15) is 4.32 Å². The first-order chi connectivity index (χ1) is 11.4. The van der Waals surface area contributed by atoms with Crippen molar-refractivity contribution in [3.05, 3.63) is 40.3 Å². The van der Waals surface area contributed by atoms with E-state index in [0.717, 1.165) is 5.56 Å². The molecule has 2 amide bonds. The van der Waals surface area contributed by atoms with Crippen LogP contribution in [-0.4, -0.2) is 45.7 Å². The lowest BCUT2D eigenvalue weighted by Gasteiger charge is -2.05. The number of carboxylic acid groups (broad SMARTS) is 1. The van der Waals surface area contributed by atoms with Gasteiger partial charge in [0.25, 0.3) is 11.8 Å². The smallest absolute Gasteiger partial charge is 0.303 e. The average Bonchev–Trinajstić information content (AvgIpc) is 2.79. The fraction of sp³-hybridized carbons (Fsp3) is 0.250. The zero-order valence-corrected chi connectivity index (χ0v) is 14.6. The molecule has 1 aliphatic rings. The summed E-state index contributed by atoms with van der Waals surface area (Å²) in [6, 6.07) is 6.80. The van der Waals surface area contributed by atoms with Gasteiger partial charge >= 0.3 is 5.97 Å². The first-order valence-electron chi connectivity index (χ1n) is 7.20. The lowest BCUT2D eigenvalue weighted by Crippen LogP contribution is -2.24. The molecule has 6 nitrogen and oxygen atoms in total. The molecule has 0 atom stereocenters. The molecule has 8 heteroatoms.